The fourth-order valence-electron chi connectivity index (χ4n) is 10.7. The molecule has 0 unspecified atom stereocenters. The van der Waals surface area contributed by atoms with Gasteiger partial charge in [-0.15, -0.1) is 0 Å². The number of hydrogen-bond acceptors (Lipinski definition) is 13. The Kier molecular flexibility index (Phi) is 25.4. The number of fused-ring (bicyclic) bond motifs is 1. The van der Waals surface area contributed by atoms with Crippen LogP contribution in [0.1, 0.15) is 120 Å². The molecule has 2 heterocycles. The summed E-state index contributed by atoms with van der Waals surface area (Å²) >= 11 is 0. The minimum absolute atomic E-state index is 0.106. The fraction of sp³-hybridized carbons (Fsp3) is 0.702. The molecular weight excluding hydrogens is 1030 g/mol. The van der Waals surface area contributed by atoms with E-state index in [0.717, 1.165) is 14.7 Å². The largest absolute Gasteiger partial charge is 0.497 e. The van der Waals surface area contributed by atoms with Crippen molar-refractivity contribution in [1.29, 1.82) is 0 Å². The van der Waals surface area contributed by atoms with E-state index in [2.05, 4.69) is 16.0 Å². The van der Waals surface area contributed by atoms with Crippen molar-refractivity contribution in [2.45, 2.75) is 176 Å². The zero-order chi connectivity index (χ0) is 60.8. The van der Waals surface area contributed by atoms with E-state index >= 15 is 0 Å². The molecule has 23 nitrogen and oxygen atoms in total. The molecule has 1 aromatic rings. The molecule has 2 fully saturated rings. The summed E-state index contributed by atoms with van der Waals surface area (Å²) in [5.41, 5.74) is 0.581. The lowest BCUT2D eigenvalue weighted by Gasteiger charge is -2.41. The van der Waals surface area contributed by atoms with Crippen LogP contribution in [0.4, 0.5) is 0 Å². The maximum Gasteiger partial charge on any atom is 0.329 e. The van der Waals surface area contributed by atoms with Crippen LogP contribution < -0.4 is 20.7 Å². The SMILES string of the molecule is CC[C@@H](C)[C@H]1C(=O)NCC(=O)N(C)[C@@H](C(C)C)C(=O)N[C@@H](Cc2ccc(OC)cc2)C(=O)O[C@@H](C)C(=O)N2CCCC[C@H]2C(=O)N(C)[C@@H](C(C)C)C(=O)N[C@@H](C(C)C)C(=O)N(C)[C@@H](CC(=O)O)C(=O)N(C)[C@@H]([C@@H](C)CC)C(=O)N1C. The lowest BCUT2D eigenvalue weighted by molar-refractivity contribution is -0.165. The maximum absolute atomic E-state index is 14.9. The maximum atomic E-state index is 14.9. The van der Waals surface area contributed by atoms with Gasteiger partial charge < -0.3 is 59.9 Å². The molecule has 80 heavy (non-hydrogen) atoms. The Hall–Kier alpha value is -6.81. The van der Waals surface area contributed by atoms with Gasteiger partial charge in [0.25, 0.3) is 5.91 Å². The number of ether oxygens (including phenoxy) is 2. The summed E-state index contributed by atoms with van der Waals surface area (Å²) in [7, 11) is 8.24. The number of carboxylic acids is 1. The van der Waals surface area contributed by atoms with Crippen LogP contribution in [0.5, 0.6) is 5.75 Å². The minimum atomic E-state index is -1.69. The fourth-order valence-corrected chi connectivity index (χ4v) is 10.7. The first-order valence-corrected chi connectivity index (χ1v) is 27.9. The molecular formula is C57H91N9O14. The van der Waals surface area contributed by atoms with Gasteiger partial charge >= 0.3 is 11.9 Å². The third kappa shape index (κ3) is 16.6. The van der Waals surface area contributed by atoms with Gasteiger partial charge in [0.15, 0.2) is 6.10 Å². The molecule has 0 aliphatic carbocycles. The second kappa shape index (κ2) is 30.1. The molecule has 2 saturated heterocycles. The number of carboxylic acid groups (broad SMARTS) is 1. The van der Waals surface area contributed by atoms with Gasteiger partial charge in [0, 0.05) is 48.2 Å². The van der Waals surface area contributed by atoms with Gasteiger partial charge in [0.2, 0.25) is 47.3 Å². The summed E-state index contributed by atoms with van der Waals surface area (Å²) in [5, 5.41) is 18.4. The number of methoxy groups -OCH3 is 1. The summed E-state index contributed by atoms with van der Waals surface area (Å²) in [4.78, 5) is 165. The smallest absolute Gasteiger partial charge is 0.329 e. The first kappa shape index (κ1) is 67.5. The summed E-state index contributed by atoms with van der Waals surface area (Å²) in [6, 6.07) is -3.77. The van der Waals surface area contributed by atoms with Crippen LogP contribution in [0.2, 0.25) is 0 Å². The normalized spacial score (nSPS) is 26.7. The molecule has 2 aliphatic rings. The van der Waals surface area contributed by atoms with Crippen molar-refractivity contribution in [3.05, 3.63) is 29.8 Å². The van der Waals surface area contributed by atoms with E-state index in [9.17, 15) is 57.8 Å². The topological polar surface area (TPSA) is 282 Å². The predicted octanol–water partition coefficient (Wildman–Crippen LogP) is 2.32. The van der Waals surface area contributed by atoms with Crippen molar-refractivity contribution >= 4 is 65.1 Å². The third-order valence-corrected chi connectivity index (χ3v) is 15.8. The highest BCUT2D eigenvalue weighted by atomic mass is 16.5. The van der Waals surface area contributed by atoms with E-state index in [1.54, 1.807) is 86.6 Å². The number of cyclic esters (lactones) is 1. The molecule has 2 aliphatic heterocycles. The second-order valence-electron chi connectivity index (χ2n) is 22.6. The molecule has 0 bridgehead atoms. The monoisotopic (exact) mass is 1130 g/mol. The van der Waals surface area contributed by atoms with Crippen molar-refractivity contribution in [2.75, 3.05) is 55.4 Å². The summed E-state index contributed by atoms with van der Waals surface area (Å²) in [6.45, 7) is 18.0. The van der Waals surface area contributed by atoms with Crippen LogP contribution in [0.3, 0.4) is 0 Å². The number of rotatable bonds is 12. The van der Waals surface area contributed by atoms with Crippen molar-refractivity contribution in [1.82, 2.24) is 45.3 Å². The van der Waals surface area contributed by atoms with Crippen molar-refractivity contribution < 1.29 is 67.3 Å². The number of carbonyl (C=O) groups excluding carboxylic acids is 10. The van der Waals surface area contributed by atoms with E-state index < -0.39 is 162 Å². The molecule has 3 rings (SSSR count). The van der Waals surface area contributed by atoms with Gasteiger partial charge in [0.05, 0.1) is 20.1 Å². The Morgan fingerprint density at radius 3 is 1.69 bits per heavy atom. The number of benzene rings is 1. The van der Waals surface area contributed by atoms with Gasteiger partial charge in [-0.05, 0) is 73.5 Å². The average Bonchev–Trinajstić information content (AvgIpc) is 3.41. The Morgan fingerprint density at radius 1 is 0.637 bits per heavy atom. The third-order valence-electron chi connectivity index (χ3n) is 15.8. The number of esters is 1. The molecule has 0 radical (unpaired) electrons. The van der Waals surface area contributed by atoms with E-state index in [1.807, 2.05) is 6.92 Å². The van der Waals surface area contributed by atoms with E-state index in [0.29, 0.717) is 37.0 Å². The number of aliphatic carboxylic acids is 1. The number of amides is 9. The molecule has 9 amide bonds. The number of nitrogens with zero attached hydrogens (tertiary/aromatic N) is 6. The lowest BCUT2D eigenvalue weighted by Crippen LogP contribution is -2.63. The zero-order valence-corrected chi connectivity index (χ0v) is 50.2. The van der Waals surface area contributed by atoms with Crippen LogP contribution in [0, 0.1) is 29.6 Å². The quantitative estimate of drug-likeness (QED) is 0.219. The van der Waals surface area contributed by atoms with Crippen LogP contribution in [-0.2, 0) is 63.9 Å². The van der Waals surface area contributed by atoms with Gasteiger partial charge in [-0.1, -0.05) is 94.2 Å². The minimum Gasteiger partial charge on any atom is -0.497 e. The Morgan fingerprint density at radius 2 is 1.16 bits per heavy atom. The molecule has 0 spiro atoms. The highest BCUT2D eigenvalue weighted by Gasteiger charge is 2.46. The Labute approximate surface area is 472 Å². The first-order chi connectivity index (χ1) is 37.4. The van der Waals surface area contributed by atoms with Crippen molar-refractivity contribution in [3.8, 4) is 5.75 Å². The second-order valence-corrected chi connectivity index (χ2v) is 22.6. The van der Waals surface area contributed by atoms with Gasteiger partial charge in [0.1, 0.15) is 54.1 Å². The van der Waals surface area contributed by atoms with Crippen LogP contribution in [-0.4, -0.2) is 209 Å². The van der Waals surface area contributed by atoms with Crippen LogP contribution in [0.15, 0.2) is 24.3 Å². The number of hydrogen-bond donors (Lipinski definition) is 4. The molecule has 0 saturated carbocycles. The van der Waals surface area contributed by atoms with E-state index in [1.165, 1.54) is 64.0 Å². The van der Waals surface area contributed by atoms with E-state index in [-0.39, 0.29) is 19.4 Å². The van der Waals surface area contributed by atoms with Crippen molar-refractivity contribution in [3.63, 3.8) is 0 Å². The summed E-state index contributed by atoms with van der Waals surface area (Å²) in [5.74, 6) is -11.4. The highest BCUT2D eigenvalue weighted by Crippen LogP contribution is 2.26. The molecule has 4 N–H and O–H groups in total. The molecule has 1 aromatic carbocycles. The van der Waals surface area contributed by atoms with Gasteiger partial charge in [-0.25, -0.2) is 4.79 Å². The number of nitrogens with one attached hydrogen (secondary N) is 3. The lowest BCUT2D eigenvalue weighted by atomic mass is 9.92. The highest BCUT2D eigenvalue weighted by molar-refractivity contribution is 5.99. The van der Waals surface area contributed by atoms with Crippen LogP contribution in [0.25, 0.3) is 0 Å². The summed E-state index contributed by atoms with van der Waals surface area (Å²) in [6.07, 6.45) is -0.488. The molecule has 448 valence electrons. The van der Waals surface area contributed by atoms with Gasteiger partial charge in [-0.3, -0.25) is 47.9 Å². The number of carbonyl (C=O) groups is 11. The Balaban J connectivity index is 2.27. The number of piperidine rings is 1. The standard InChI is InChI=1S/C57H91N9O14/c1-18-34(9)47-49(70)58-30-42(67)62(13)45(32(5)6)50(71)59-39(28-37-23-25-38(79-17)26-24-37)57(78)80-36(11)52(73)66-27-21-20-22-40(66)53(74)63(14)46(33(7)8)51(72)60-44(31(3)4)55(76)61(12)41(29-43(68)69)54(75)65(16)48(35(10)19-2)56(77)64(47)15/h23-26,31-36,39-41,44-48H,18-22,27-30H2,1-17H3,(H,58,70)(H,59,71)(H,60,72)(H,68,69)/t34-,35+,36+,39+,40+,41+,44+,45+,46+,47+,48+/m1/s1. The summed E-state index contributed by atoms with van der Waals surface area (Å²) < 4.78 is 11.2. The number of likely N-dealkylation sites (N-methyl/N-ethyl adjacent to an activating group) is 5. The predicted molar refractivity (Wildman–Crippen MR) is 297 cm³/mol. The van der Waals surface area contributed by atoms with E-state index in [4.69, 9.17) is 9.47 Å². The molecule has 0 aromatic heterocycles. The Bertz CT molecular complexity index is 2380. The van der Waals surface area contributed by atoms with Crippen LogP contribution >= 0.6 is 0 Å². The first-order valence-electron chi connectivity index (χ1n) is 27.9. The molecule has 23 heteroatoms. The average molecular weight is 1130 g/mol. The van der Waals surface area contributed by atoms with Crippen molar-refractivity contribution in [2.24, 2.45) is 29.6 Å². The molecule has 11 atom stereocenters. The van der Waals surface area contributed by atoms with Gasteiger partial charge in [-0.2, -0.15) is 0 Å². The zero-order valence-electron chi connectivity index (χ0n) is 50.2.